The van der Waals surface area contributed by atoms with Crippen molar-refractivity contribution in [2.45, 2.75) is 80.6 Å². The Morgan fingerprint density at radius 2 is 1.75 bits per heavy atom. The number of benzene rings is 1. The third-order valence-corrected chi connectivity index (χ3v) is 8.23. The number of fused-ring (bicyclic) bond motifs is 1. The lowest BCUT2D eigenvalue weighted by molar-refractivity contribution is -0.348. The summed E-state index contributed by atoms with van der Waals surface area (Å²) in [6, 6.07) is 8.84. The van der Waals surface area contributed by atoms with Crippen molar-refractivity contribution in [3.8, 4) is 0 Å². The molecule has 3 heterocycles. The SMILES string of the molecule is CC1OC2COC(c3ccccc3)OC2C(OC2OC(CO)C(C)C(C)C2C)C1NC(=O)C(Cl)(Cl)Cl. The molecular formula is C25H34Cl3NO7. The zero-order valence-electron chi connectivity index (χ0n) is 20.7. The number of rotatable bonds is 5. The summed E-state index contributed by atoms with van der Waals surface area (Å²) in [4.78, 5) is 12.7. The van der Waals surface area contributed by atoms with Crippen LogP contribution >= 0.6 is 34.8 Å². The molecule has 11 atom stereocenters. The molecule has 0 bridgehead atoms. The highest BCUT2D eigenvalue weighted by Gasteiger charge is 2.53. The van der Waals surface area contributed by atoms with E-state index in [9.17, 15) is 9.90 Å². The van der Waals surface area contributed by atoms with Gasteiger partial charge in [0.25, 0.3) is 9.70 Å². The van der Waals surface area contributed by atoms with Gasteiger partial charge < -0.3 is 34.1 Å². The first kappa shape index (κ1) is 28.3. The minimum Gasteiger partial charge on any atom is -0.394 e. The van der Waals surface area contributed by atoms with Crippen molar-refractivity contribution in [2.75, 3.05) is 13.2 Å². The Morgan fingerprint density at radius 3 is 2.39 bits per heavy atom. The fraction of sp³-hybridized carbons (Fsp3) is 0.720. The topological polar surface area (TPSA) is 95.5 Å². The summed E-state index contributed by atoms with van der Waals surface area (Å²) >= 11 is 17.6. The largest absolute Gasteiger partial charge is 0.394 e. The Morgan fingerprint density at radius 1 is 1.06 bits per heavy atom. The lowest BCUT2D eigenvalue weighted by Crippen LogP contribution is -2.68. The summed E-state index contributed by atoms with van der Waals surface area (Å²) in [5.41, 5.74) is 0.847. The molecule has 4 rings (SSSR count). The van der Waals surface area contributed by atoms with Gasteiger partial charge in [-0.2, -0.15) is 0 Å². The van der Waals surface area contributed by atoms with Gasteiger partial charge >= 0.3 is 0 Å². The van der Waals surface area contributed by atoms with E-state index in [2.05, 4.69) is 19.2 Å². The van der Waals surface area contributed by atoms with E-state index >= 15 is 0 Å². The molecular weight excluding hydrogens is 533 g/mol. The number of nitrogens with one attached hydrogen (secondary N) is 1. The van der Waals surface area contributed by atoms with Gasteiger partial charge in [0, 0.05) is 11.5 Å². The van der Waals surface area contributed by atoms with Crippen LogP contribution in [0.3, 0.4) is 0 Å². The van der Waals surface area contributed by atoms with Crippen LogP contribution in [0, 0.1) is 17.8 Å². The summed E-state index contributed by atoms with van der Waals surface area (Å²) in [7, 11) is 0. The fourth-order valence-corrected chi connectivity index (χ4v) is 5.33. The van der Waals surface area contributed by atoms with E-state index in [4.69, 9.17) is 58.5 Å². The van der Waals surface area contributed by atoms with E-state index in [1.807, 2.05) is 44.2 Å². The Bertz CT molecular complexity index is 886. The van der Waals surface area contributed by atoms with Crippen molar-refractivity contribution >= 4 is 40.7 Å². The zero-order valence-corrected chi connectivity index (χ0v) is 23.0. The minimum absolute atomic E-state index is 0.00804. The third kappa shape index (κ3) is 5.98. The molecule has 3 aliphatic heterocycles. The number of aliphatic hydroxyl groups is 1. The molecule has 11 heteroatoms. The van der Waals surface area contributed by atoms with Gasteiger partial charge in [-0.05, 0) is 18.8 Å². The first-order chi connectivity index (χ1) is 17.0. The molecule has 36 heavy (non-hydrogen) atoms. The fourth-order valence-electron chi connectivity index (χ4n) is 5.17. The van der Waals surface area contributed by atoms with Gasteiger partial charge in [-0.15, -0.1) is 0 Å². The van der Waals surface area contributed by atoms with E-state index in [0.717, 1.165) is 5.56 Å². The molecule has 11 unspecified atom stereocenters. The molecule has 202 valence electrons. The van der Waals surface area contributed by atoms with Crippen molar-refractivity contribution in [1.82, 2.24) is 5.32 Å². The molecule has 1 amide bonds. The molecule has 0 aromatic heterocycles. The predicted octanol–water partition coefficient (Wildman–Crippen LogP) is 3.75. The number of halogens is 3. The number of carbonyl (C=O) groups excluding carboxylic acids is 1. The predicted molar refractivity (Wildman–Crippen MR) is 135 cm³/mol. The Balaban J connectivity index is 1.63. The summed E-state index contributed by atoms with van der Waals surface area (Å²) in [6.45, 7) is 8.18. The van der Waals surface area contributed by atoms with Crippen LogP contribution in [-0.2, 0) is 28.5 Å². The maximum absolute atomic E-state index is 12.7. The molecule has 3 aliphatic rings. The Kier molecular flexibility index (Phi) is 9.13. The lowest BCUT2D eigenvalue weighted by atomic mass is 9.79. The second kappa shape index (κ2) is 11.6. The van der Waals surface area contributed by atoms with Gasteiger partial charge in [0.15, 0.2) is 12.6 Å². The van der Waals surface area contributed by atoms with Crippen molar-refractivity contribution in [1.29, 1.82) is 0 Å². The Labute approximate surface area is 226 Å². The van der Waals surface area contributed by atoms with Gasteiger partial charge in [0.05, 0.1) is 31.5 Å². The van der Waals surface area contributed by atoms with Crippen LogP contribution in [0.25, 0.3) is 0 Å². The first-order valence-corrected chi connectivity index (χ1v) is 13.4. The highest BCUT2D eigenvalue weighted by molar-refractivity contribution is 6.76. The monoisotopic (exact) mass is 565 g/mol. The van der Waals surface area contributed by atoms with Crippen LogP contribution < -0.4 is 5.32 Å². The summed E-state index contributed by atoms with van der Waals surface area (Å²) in [5.74, 6) is -0.420. The van der Waals surface area contributed by atoms with Crippen LogP contribution in [-0.4, -0.2) is 70.9 Å². The number of amides is 1. The van der Waals surface area contributed by atoms with E-state index in [1.165, 1.54) is 0 Å². The quantitative estimate of drug-likeness (QED) is 0.524. The summed E-state index contributed by atoms with van der Waals surface area (Å²) in [6.07, 6.45) is -3.95. The van der Waals surface area contributed by atoms with E-state index in [0.29, 0.717) is 0 Å². The lowest BCUT2D eigenvalue weighted by Gasteiger charge is -2.51. The van der Waals surface area contributed by atoms with Crippen LogP contribution in [0.2, 0.25) is 0 Å². The van der Waals surface area contributed by atoms with Crippen molar-refractivity contribution in [3.63, 3.8) is 0 Å². The molecule has 0 aliphatic carbocycles. The number of hydrogen-bond acceptors (Lipinski definition) is 7. The minimum atomic E-state index is -2.16. The maximum Gasteiger partial charge on any atom is 0.272 e. The number of carbonyl (C=O) groups is 1. The van der Waals surface area contributed by atoms with Crippen LogP contribution in [0.5, 0.6) is 0 Å². The highest BCUT2D eigenvalue weighted by Crippen LogP contribution is 2.40. The van der Waals surface area contributed by atoms with Gasteiger partial charge in [-0.25, -0.2) is 0 Å². The number of aliphatic hydroxyl groups excluding tert-OH is 1. The van der Waals surface area contributed by atoms with Gasteiger partial charge in [0.1, 0.15) is 18.3 Å². The average Bonchev–Trinajstić information content (AvgIpc) is 2.85. The van der Waals surface area contributed by atoms with Gasteiger partial charge in [-0.1, -0.05) is 85.9 Å². The van der Waals surface area contributed by atoms with Crippen molar-refractivity contribution in [2.24, 2.45) is 17.8 Å². The first-order valence-electron chi connectivity index (χ1n) is 12.3. The standard InChI is InChI=1S/C25H34Cl3NO7/c1-12-13(2)17(10-30)34-22(14(12)3)36-21-19(29-24(31)25(26,27)28)15(4)33-18-11-32-23(35-20(18)21)16-8-6-5-7-9-16/h5-9,12-15,17-23,30H,10-11H2,1-4H3,(H,29,31). The van der Waals surface area contributed by atoms with Crippen molar-refractivity contribution < 1.29 is 33.6 Å². The third-order valence-electron chi connectivity index (χ3n) is 7.71. The maximum atomic E-state index is 12.7. The van der Waals surface area contributed by atoms with Crippen LogP contribution in [0.15, 0.2) is 30.3 Å². The van der Waals surface area contributed by atoms with Crippen LogP contribution in [0.1, 0.15) is 39.5 Å². The molecule has 0 radical (unpaired) electrons. The zero-order chi connectivity index (χ0) is 26.2. The molecule has 2 N–H and O–H groups in total. The van der Waals surface area contributed by atoms with E-state index < -0.39 is 52.7 Å². The second-order valence-electron chi connectivity index (χ2n) is 9.96. The second-order valence-corrected chi connectivity index (χ2v) is 12.2. The average molecular weight is 567 g/mol. The highest BCUT2D eigenvalue weighted by atomic mass is 35.6. The molecule has 1 aromatic carbocycles. The van der Waals surface area contributed by atoms with Gasteiger partial charge in [-0.3, -0.25) is 4.79 Å². The molecule has 0 spiro atoms. The number of hydrogen-bond donors (Lipinski definition) is 2. The van der Waals surface area contributed by atoms with E-state index in [-0.39, 0.29) is 37.1 Å². The van der Waals surface area contributed by atoms with E-state index in [1.54, 1.807) is 0 Å². The van der Waals surface area contributed by atoms with Gasteiger partial charge in [0.2, 0.25) is 0 Å². The molecule has 0 saturated carbocycles. The molecule has 8 nitrogen and oxygen atoms in total. The molecule has 3 saturated heterocycles. The summed E-state index contributed by atoms with van der Waals surface area (Å²) in [5, 5.41) is 12.7. The smallest absolute Gasteiger partial charge is 0.272 e. The summed E-state index contributed by atoms with van der Waals surface area (Å²) < 4.78 is 29.2. The normalized spacial score (nSPS) is 41.4. The number of ether oxygens (including phenoxy) is 5. The Hall–Kier alpha value is -0.680. The molecule has 1 aromatic rings. The van der Waals surface area contributed by atoms with Crippen LogP contribution in [0.4, 0.5) is 0 Å². The van der Waals surface area contributed by atoms with Crippen molar-refractivity contribution in [3.05, 3.63) is 35.9 Å². The number of alkyl halides is 3. The molecule has 3 fully saturated rings.